The minimum absolute atomic E-state index is 0.514. The number of nitrogens with zero attached hydrogens (tertiary/aromatic N) is 2. The number of hydrogen-bond acceptors (Lipinski definition) is 3. The van der Waals surface area contributed by atoms with Gasteiger partial charge in [-0.3, -0.25) is 0 Å². The van der Waals surface area contributed by atoms with E-state index >= 15 is 0 Å². The summed E-state index contributed by atoms with van der Waals surface area (Å²) >= 11 is 0. The first kappa shape index (κ1) is 12.9. The van der Waals surface area contributed by atoms with Gasteiger partial charge in [0.05, 0.1) is 6.26 Å². The Labute approximate surface area is 93.3 Å². The standard InChI is InChI=1S/C10H22N2O2S/c1-4-11(5-2)8-10-6-7-12(9-10)15(3,13)14/h10H,4-9H2,1-3H3. The second kappa shape index (κ2) is 5.27. The predicted octanol–water partition coefficient (Wildman–Crippen LogP) is 0.610. The van der Waals surface area contributed by atoms with Crippen LogP contribution in [-0.4, -0.2) is 56.6 Å². The van der Waals surface area contributed by atoms with Crippen molar-refractivity contribution >= 4 is 10.0 Å². The molecule has 0 radical (unpaired) electrons. The fourth-order valence-electron chi connectivity index (χ4n) is 2.09. The lowest BCUT2D eigenvalue weighted by molar-refractivity contribution is 0.256. The monoisotopic (exact) mass is 234 g/mol. The van der Waals surface area contributed by atoms with Crippen molar-refractivity contribution in [3.8, 4) is 0 Å². The molecule has 4 nitrogen and oxygen atoms in total. The van der Waals surface area contributed by atoms with Crippen molar-refractivity contribution in [1.82, 2.24) is 9.21 Å². The molecule has 0 N–H and O–H groups in total. The van der Waals surface area contributed by atoms with Gasteiger partial charge in [0.15, 0.2) is 0 Å². The number of hydrogen-bond donors (Lipinski definition) is 0. The lowest BCUT2D eigenvalue weighted by Crippen LogP contribution is -2.32. The Morgan fingerprint density at radius 3 is 2.33 bits per heavy atom. The smallest absolute Gasteiger partial charge is 0.211 e. The molecule has 90 valence electrons. The molecule has 0 spiro atoms. The van der Waals surface area contributed by atoms with E-state index in [-0.39, 0.29) is 0 Å². The minimum atomic E-state index is -2.97. The molecule has 0 aromatic carbocycles. The van der Waals surface area contributed by atoms with Gasteiger partial charge in [0.1, 0.15) is 0 Å². The zero-order chi connectivity index (χ0) is 11.5. The predicted molar refractivity (Wildman–Crippen MR) is 62.3 cm³/mol. The molecule has 1 atom stereocenters. The molecule has 0 bridgehead atoms. The Morgan fingerprint density at radius 1 is 1.33 bits per heavy atom. The van der Waals surface area contributed by atoms with Gasteiger partial charge in [-0.25, -0.2) is 12.7 Å². The molecule has 0 aromatic rings. The molecule has 1 unspecified atom stereocenters. The van der Waals surface area contributed by atoms with Crippen molar-refractivity contribution in [2.24, 2.45) is 5.92 Å². The van der Waals surface area contributed by atoms with Crippen LogP contribution < -0.4 is 0 Å². The van der Waals surface area contributed by atoms with E-state index in [0.29, 0.717) is 19.0 Å². The van der Waals surface area contributed by atoms with Crippen molar-refractivity contribution in [2.45, 2.75) is 20.3 Å². The van der Waals surface area contributed by atoms with Crippen LogP contribution in [0.3, 0.4) is 0 Å². The van der Waals surface area contributed by atoms with Gasteiger partial charge in [0.25, 0.3) is 0 Å². The van der Waals surface area contributed by atoms with Gasteiger partial charge in [0.2, 0.25) is 10.0 Å². The first-order valence-electron chi connectivity index (χ1n) is 5.64. The van der Waals surface area contributed by atoms with Gasteiger partial charge < -0.3 is 4.90 Å². The highest BCUT2D eigenvalue weighted by atomic mass is 32.2. The lowest BCUT2D eigenvalue weighted by atomic mass is 10.1. The van der Waals surface area contributed by atoms with Gasteiger partial charge >= 0.3 is 0 Å². The van der Waals surface area contributed by atoms with E-state index in [4.69, 9.17) is 0 Å². The van der Waals surface area contributed by atoms with Gasteiger partial charge in [-0.05, 0) is 25.4 Å². The number of rotatable bonds is 5. The molecule has 0 aliphatic carbocycles. The summed E-state index contributed by atoms with van der Waals surface area (Å²) in [5.41, 5.74) is 0. The third-order valence-electron chi connectivity index (χ3n) is 3.13. The summed E-state index contributed by atoms with van der Waals surface area (Å²) in [6.45, 7) is 8.82. The maximum atomic E-state index is 11.3. The van der Waals surface area contributed by atoms with Crippen molar-refractivity contribution in [3.63, 3.8) is 0 Å². The summed E-state index contributed by atoms with van der Waals surface area (Å²) in [5, 5.41) is 0. The Kier molecular flexibility index (Phi) is 4.55. The van der Waals surface area contributed by atoms with E-state index in [0.717, 1.165) is 26.1 Å². The summed E-state index contributed by atoms with van der Waals surface area (Å²) in [6.07, 6.45) is 2.30. The molecule has 1 saturated heterocycles. The van der Waals surface area contributed by atoms with Crippen LogP contribution in [0.15, 0.2) is 0 Å². The van der Waals surface area contributed by atoms with Gasteiger partial charge in [0, 0.05) is 19.6 Å². The molecular formula is C10H22N2O2S. The van der Waals surface area contributed by atoms with Crippen LogP contribution in [0.1, 0.15) is 20.3 Å². The summed E-state index contributed by atoms with van der Waals surface area (Å²) in [5.74, 6) is 0.514. The molecule has 0 aromatic heterocycles. The first-order chi connectivity index (χ1) is 6.97. The Bertz CT molecular complexity index is 286. The molecule has 1 rings (SSSR count). The number of sulfonamides is 1. The highest BCUT2D eigenvalue weighted by Gasteiger charge is 2.28. The quantitative estimate of drug-likeness (QED) is 0.700. The van der Waals surface area contributed by atoms with Crippen LogP contribution >= 0.6 is 0 Å². The minimum Gasteiger partial charge on any atom is -0.304 e. The molecule has 0 amide bonds. The summed E-state index contributed by atoms with van der Waals surface area (Å²) in [4.78, 5) is 2.36. The second-order valence-electron chi connectivity index (χ2n) is 4.26. The van der Waals surface area contributed by atoms with E-state index in [2.05, 4.69) is 18.7 Å². The second-order valence-corrected chi connectivity index (χ2v) is 6.24. The molecule has 1 fully saturated rings. The van der Waals surface area contributed by atoms with Crippen molar-refractivity contribution < 1.29 is 8.42 Å². The fourth-order valence-corrected chi connectivity index (χ4v) is 3.01. The summed E-state index contributed by atoms with van der Waals surface area (Å²) < 4.78 is 24.2. The summed E-state index contributed by atoms with van der Waals surface area (Å²) in [7, 11) is -2.97. The zero-order valence-corrected chi connectivity index (χ0v) is 10.8. The molecule has 0 saturated carbocycles. The Hall–Kier alpha value is -0.130. The lowest BCUT2D eigenvalue weighted by Gasteiger charge is -2.22. The van der Waals surface area contributed by atoms with E-state index in [9.17, 15) is 8.42 Å². The Balaban J connectivity index is 2.43. The molecular weight excluding hydrogens is 212 g/mol. The third-order valence-corrected chi connectivity index (χ3v) is 4.40. The zero-order valence-electron chi connectivity index (χ0n) is 9.94. The van der Waals surface area contributed by atoms with Crippen LogP contribution in [0.5, 0.6) is 0 Å². The van der Waals surface area contributed by atoms with E-state index in [1.54, 1.807) is 4.31 Å². The highest BCUT2D eigenvalue weighted by molar-refractivity contribution is 7.88. The van der Waals surface area contributed by atoms with Crippen LogP contribution in [0, 0.1) is 5.92 Å². The normalized spacial score (nSPS) is 23.9. The van der Waals surface area contributed by atoms with E-state index < -0.39 is 10.0 Å². The average Bonchev–Trinajstić information content (AvgIpc) is 2.61. The maximum absolute atomic E-state index is 11.3. The average molecular weight is 234 g/mol. The summed E-state index contributed by atoms with van der Waals surface area (Å²) in [6, 6.07) is 0. The van der Waals surface area contributed by atoms with Crippen molar-refractivity contribution in [1.29, 1.82) is 0 Å². The maximum Gasteiger partial charge on any atom is 0.211 e. The third kappa shape index (κ3) is 3.74. The van der Waals surface area contributed by atoms with Gasteiger partial charge in [-0.15, -0.1) is 0 Å². The molecule has 1 heterocycles. The van der Waals surface area contributed by atoms with Crippen LogP contribution in [0.2, 0.25) is 0 Å². The largest absolute Gasteiger partial charge is 0.304 e. The van der Waals surface area contributed by atoms with Gasteiger partial charge in [-0.2, -0.15) is 0 Å². The van der Waals surface area contributed by atoms with E-state index in [1.807, 2.05) is 0 Å². The highest BCUT2D eigenvalue weighted by Crippen LogP contribution is 2.19. The van der Waals surface area contributed by atoms with Crippen LogP contribution in [-0.2, 0) is 10.0 Å². The van der Waals surface area contributed by atoms with Crippen molar-refractivity contribution in [3.05, 3.63) is 0 Å². The molecule has 1 aliphatic heterocycles. The molecule has 1 aliphatic rings. The fraction of sp³-hybridized carbons (Fsp3) is 1.00. The Morgan fingerprint density at radius 2 is 1.93 bits per heavy atom. The molecule has 15 heavy (non-hydrogen) atoms. The van der Waals surface area contributed by atoms with Crippen LogP contribution in [0.25, 0.3) is 0 Å². The molecule has 5 heteroatoms. The van der Waals surface area contributed by atoms with Crippen LogP contribution in [0.4, 0.5) is 0 Å². The van der Waals surface area contributed by atoms with E-state index in [1.165, 1.54) is 6.26 Å². The van der Waals surface area contributed by atoms with Gasteiger partial charge in [-0.1, -0.05) is 13.8 Å². The van der Waals surface area contributed by atoms with Crippen molar-refractivity contribution in [2.75, 3.05) is 39.0 Å². The topological polar surface area (TPSA) is 40.6 Å². The SMILES string of the molecule is CCN(CC)CC1CCN(S(C)(=O)=O)C1. The first-order valence-corrected chi connectivity index (χ1v) is 7.49.